The first-order valence-electron chi connectivity index (χ1n) is 7.51. The van der Waals surface area contributed by atoms with E-state index < -0.39 is 0 Å². The number of benzene rings is 1. The molecule has 0 aliphatic rings. The Balaban J connectivity index is 1.95. The number of furan rings is 1. The van der Waals surface area contributed by atoms with Crippen LogP contribution in [0.1, 0.15) is 35.8 Å². The Kier molecular flexibility index (Phi) is 5.42. The van der Waals surface area contributed by atoms with Gasteiger partial charge in [0.15, 0.2) is 0 Å². The molecule has 0 saturated carbocycles. The third-order valence-electron chi connectivity index (χ3n) is 3.87. The lowest BCUT2D eigenvalue weighted by molar-refractivity contribution is 0.447. The van der Waals surface area contributed by atoms with Gasteiger partial charge in [-0.25, -0.2) is 0 Å². The maximum atomic E-state index is 5.42. The van der Waals surface area contributed by atoms with Crippen LogP contribution in [0.2, 0.25) is 0 Å². The van der Waals surface area contributed by atoms with Crippen LogP contribution < -0.4 is 5.32 Å². The van der Waals surface area contributed by atoms with E-state index in [1.54, 1.807) is 6.26 Å². The molecule has 2 rings (SSSR count). The minimum absolute atomic E-state index is 0.507. The zero-order valence-corrected chi connectivity index (χ0v) is 12.8. The molecule has 2 heteroatoms. The topological polar surface area (TPSA) is 25.2 Å². The highest BCUT2D eigenvalue weighted by atomic mass is 16.3. The molecule has 1 aromatic carbocycles. The minimum atomic E-state index is 0.507. The summed E-state index contributed by atoms with van der Waals surface area (Å²) in [6, 6.07) is 11.3. The number of hydrogen-bond acceptors (Lipinski definition) is 2. The maximum Gasteiger partial charge on any atom is 0.103 e. The van der Waals surface area contributed by atoms with Gasteiger partial charge >= 0.3 is 0 Å². The van der Waals surface area contributed by atoms with Crippen molar-refractivity contribution in [1.29, 1.82) is 0 Å². The van der Waals surface area contributed by atoms with Crippen molar-refractivity contribution in [3.05, 3.63) is 59.0 Å². The fourth-order valence-electron chi connectivity index (χ4n) is 2.55. The summed E-state index contributed by atoms with van der Waals surface area (Å²) in [5.41, 5.74) is 4.16. The maximum absolute atomic E-state index is 5.42. The van der Waals surface area contributed by atoms with E-state index in [2.05, 4.69) is 50.4 Å². The molecule has 20 heavy (non-hydrogen) atoms. The summed E-state index contributed by atoms with van der Waals surface area (Å²) in [6.07, 6.45) is 4.93. The van der Waals surface area contributed by atoms with Gasteiger partial charge < -0.3 is 9.73 Å². The van der Waals surface area contributed by atoms with Crippen LogP contribution in [-0.4, -0.2) is 12.6 Å². The third-order valence-corrected chi connectivity index (χ3v) is 3.87. The van der Waals surface area contributed by atoms with Crippen molar-refractivity contribution < 1.29 is 4.42 Å². The standard InChI is InChI=1S/C18H25NO/c1-4-19-17(9-10-18-6-5-11-20-18)13-16-8-7-14(2)15(3)12-16/h5-8,11-12,17,19H,4,9-10,13H2,1-3H3. The molecule has 1 N–H and O–H groups in total. The van der Waals surface area contributed by atoms with E-state index in [0.29, 0.717) is 6.04 Å². The molecule has 0 aliphatic heterocycles. The van der Waals surface area contributed by atoms with E-state index in [4.69, 9.17) is 4.42 Å². The summed E-state index contributed by atoms with van der Waals surface area (Å²) >= 11 is 0. The zero-order chi connectivity index (χ0) is 14.4. The van der Waals surface area contributed by atoms with Gasteiger partial charge in [0.05, 0.1) is 6.26 Å². The van der Waals surface area contributed by atoms with Crippen molar-refractivity contribution in [2.45, 2.75) is 46.1 Å². The lowest BCUT2D eigenvalue weighted by Crippen LogP contribution is -2.31. The number of nitrogens with one attached hydrogen (secondary N) is 1. The zero-order valence-electron chi connectivity index (χ0n) is 12.8. The van der Waals surface area contributed by atoms with Crippen LogP contribution in [0.5, 0.6) is 0 Å². The molecule has 0 spiro atoms. The molecular formula is C18H25NO. The third kappa shape index (κ3) is 4.24. The first-order chi connectivity index (χ1) is 9.69. The monoisotopic (exact) mass is 271 g/mol. The Morgan fingerprint density at radius 1 is 1.15 bits per heavy atom. The highest BCUT2D eigenvalue weighted by molar-refractivity contribution is 5.30. The minimum Gasteiger partial charge on any atom is -0.469 e. The van der Waals surface area contributed by atoms with Gasteiger partial charge in [0.25, 0.3) is 0 Å². The number of aryl methyl sites for hydroxylation is 3. The molecule has 0 aliphatic carbocycles. The van der Waals surface area contributed by atoms with E-state index in [1.807, 2.05) is 6.07 Å². The van der Waals surface area contributed by atoms with Gasteiger partial charge in [0, 0.05) is 12.5 Å². The fourth-order valence-corrected chi connectivity index (χ4v) is 2.55. The predicted octanol–water partition coefficient (Wildman–Crippen LogP) is 4.05. The van der Waals surface area contributed by atoms with Gasteiger partial charge in [-0.3, -0.25) is 0 Å². The van der Waals surface area contributed by atoms with Crippen molar-refractivity contribution in [2.24, 2.45) is 0 Å². The SMILES string of the molecule is CCNC(CCc1ccco1)Cc1ccc(C)c(C)c1. The van der Waals surface area contributed by atoms with Gasteiger partial charge in [-0.15, -0.1) is 0 Å². The lowest BCUT2D eigenvalue weighted by Gasteiger charge is -2.18. The largest absolute Gasteiger partial charge is 0.469 e. The Labute approximate surface area is 122 Å². The van der Waals surface area contributed by atoms with Crippen LogP contribution in [0.3, 0.4) is 0 Å². The molecule has 2 nitrogen and oxygen atoms in total. The number of rotatable bonds is 7. The van der Waals surface area contributed by atoms with Crippen molar-refractivity contribution in [3.8, 4) is 0 Å². The van der Waals surface area contributed by atoms with Crippen LogP contribution in [-0.2, 0) is 12.8 Å². The predicted molar refractivity (Wildman–Crippen MR) is 84.1 cm³/mol. The Hall–Kier alpha value is -1.54. The van der Waals surface area contributed by atoms with E-state index >= 15 is 0 Å². The smallest absolute Gasteiger partial charge is 0.103 e. The Morgan fingerprint density at radius 2 is 2.00 bits per heavy atom. The summed E-state index contributed by atoms with van der Waals surface area (Å²) in [5.74, 6) is 1.08. The van der Waals surface area contributed by atoms with E-state index in [9.17, 15) is 0 Å². The lowest BCUT2D eigenvalue weighted by atomic mass is 9.98. The summed E-state index contributed by atoms with van der Waals surface area (Å²) < 4.78 is 5.42. The molecule has 0 radical (unpaired) electrons. The molecule has 0 saturated heterocycles. The second-order valence-electron chi connectivity index (χ2n) is 5.50. The molecule has 108 valence electrons. The molecule has 1 aromatic heterocycles. The highest BCUT2D eigenvalue weighted by Gasteiger charge is 2.10. The molecule has 0 bridgehead atoms. The van der Waals surface area contributed by atoms with Crippen LogP contribution in [0.25, 0.3) is 0 Å². The molecule has 1 heterocycles. The molecular weight excluding hydrogens is 246 g/mol. The van der Waals surface area contributed by atoms with Gasteiger partial charge in [-0.05, 0) is 62.1 Å². The molecule has 0 fully saturated rings. The van der Waals surface area contributed by atoms with Gasteiger partial charge in [-0.2, -0.15) is 0 Å². The van der Waals surface area contributed by atoms with Crippen LogP contribution in [0.4, 0.5) is 0 Å². The second kappa shape index (κ2) is 7.30. The van der Waals surface area contributed by atoms with Crippen LogP contribution in [0, 0.1) is 13.8 Å². The summed E-state index contributed by atoms with van der Waals surface area (Å²) in [5, 5.41) is 3.59. The van der Waals surface area contributed by atoms with Gasteiger partial charge in [0.1, 0.15) is 5.76 Å². The van der Waals surface area contributed by atoms with Crippen molar-refractivity contribution in [3.63, 3.8) is 0 Å². The summed E-state index contributed by atoms with van der Waals surface area (Å²) in [4.78, 5) is 0. The van der Waals surface area contributed by atoms with Crippen molar-refractivity contribution in [2.75, 3.05) is 6.54 Å². The van der Waals surface area contributed by atoms with Crippen molar-refractivity contribution in [1.82, 2.24) is 5.32 Å². The Morgan fingerprint density at radius 3 is 2.65 bits per heavy atom. The molecule has 1 unspecified atom stereocenters. The van der Waals surface area contributed by atoms with E-state index in [1.165, 1.54) is 16.7 Å². The van der Waals surface area contributed by atoms with Crippen LogP contribution in [0.15, 0.2) is 41.0 Å². The van der Waals surface area contributed by atoms with Crippen molar-refractivity contribution >= 4 is 0 Å². The quantitative estimate of drug-likeness (QED) is 0.822. The first kappa shape index (κ1) is 14.9. The van der Waals surface area contributed by atoms with Crippen LogP contribution >= 0.6 is 0 Å². The second-order valence-corrected chi connectivity index (χ2v) is 5.50. The number of likely N-dealkylation sites (N-methyl/N-ethyl adjacent to an activating group) is 1. The average molecular weight is 271 g/mol. The highest BCUT2D eigenvalue weighted by Crippen LogP contribution is 2.14. The van der Waals surface area contributed by atoms with E-state index in [0.717, 1.165) is 31.6 Å². The first-order valence-corrected chi connectivity index (χ1v) is 7.51. The summed E-state index contributed by atoms with van der Waals surface area (Å²) in [7, 11) is 0. The van der Waals surface area contributed by atoms with Gasteiger partial charge in [-0.1, -0.05) is 25.1 Å². The van der Waals surface area contributed by atoms with Gasteiger partial charge in [0.2, 0.25) is 0 Å². The van der Waals surface area contributed by atoms with E-state index in [-0.39, 0.29) is 0 Å². The molecule has 0 amide bonds. The molecule has 2 aromatic rings. The Bertz CT molecular complexity index is 516. The number of hydrogen-bond donors (Lipinski definition) is 1. The summed E-state index contributed by atoms with van der Waals surface area (Å²) in [6.45, 7) is 7.52. The fraction of sp³-hybridized carbons (Fsp3) is 0.444. The normalized spacial score (nSPS) is 12.6. The average Bonchev–Trinajstić information content (AvgIpc) is 2.94. The molecule has 1 atom stereocenters.